The second-order valence-corrected chi connectivity index (χ2v) is 12.0. The van der Waals surface area contributed by atoms with Crippen LogP contribution in [0.2, 0.25) is 5.02 Å². The highest BCUT2D eigenvalue weighted by molar-refractivity contribution is 14.1. The number of rotatable bonds is 8. The summed E-state index contributed by atoms with van der Waals surface area (Å²) in [6.07, 6.45) is 2.36. The molecule has 2 aliphatic heterocycles. The van der Waals surface area contributed by atoms with Crippen molar-refractivity contribution in [2.24, 2.45) is 5.92 Å². The Morgan fingerprint density at radius 1 is 0.973 bits per heavy atom. The standard InChI is InChI=1S/C29H38ClIN4O2/c1-22-4-9-27(20-28(22)30)35(29(37)25-10-14-34(15-11-25)23(2)36)13-3-12-32-16-18-33(19-17-32)21-24-5-7-26(31)8-6-24/h4-9,20,25H,3,10-19,21H2,1-2H3. The number of carbonyl (C=O) groups is 2. The summed E-state index contributed by atoms with van der Waals surface area (Å²) in [5, 5.41) is 0.686. The average molecular weight is 637 g/mol. The van der Waals surface area contributed by atoms with Gasteiger partial charge in [0.15, 0.2) is 0 Å². The number of aryl methyl sites for hydroxylation is 1. The summed E-state index contributed by atoms with van der Waals surface area (Å²) >= 11 is 8.79. The van der Waals surface area contributed by atoms with Crippen LogP contribution in [0.3, 0.4) is 0 Å². The molecular weight excluding hydrogens is 599 g/mol. The predicted molar refractivity (Wildman–Crippen MR) is 159 cm³/mol. The Balaban J connectivity index is 1.31. The number of likely N-dealkylation sites (tertiary alicyclic amines) is 1. The molecule has 2 amide bonds. The SMILES string of the molecule is CC(=O)N1CCC(C(=O)N(CCCN2CCN(Cc3ccc(I)cc3)CC2)c2ccc(C)c(Cl)c2)CC1. The molecule has 0 bridgehead atoms. The van der Waals surface area contributed by atoms with Crippen LogP contribution in [0.5, 0.6) is 0 Å². The Morgan fingerprint density at radius 3 is 2.24 bits per heavy atom. The maximum absolute atomic E-state index is 13.6. The number of hydrogen-bond donors (Lipinski definition) is 0. The minimum Gasteiger partial charge on any atom is -0.343 e. The van der Waals surface area contributed by atoms with Crippen molar-refractivity contribution in [3.8, 4) is 0 Å². The summed E-state index contributed by atoms with van der Waals surface area (Å²) in [6, 6.07) is 14.7. The number of amides is 2. The molecular formula is C29H38ClIN4O2. The van der Waals surface area contributed by atoms with Crippen LogP contribution in [-0.4, -0.2) is 78.9 Å². The molecule has 2 heterocycles. The van der Waals surface area contributed by atoms with E-state index >= 15 is 0 Å². The minimum atomic E-state index is -0.0551. The zero-order valence-electron chi connectivity index (χ0n) is 22.0. The molecule has 2 saturated heterocycles. The highest BCUT2D eigenvalue weighted by Crippen LogP contribution is 2.27. The first-order valence-electron chi connectivity index (χ1n) is 13.3. The van der Waals surface area contributed by atoms with Crippen LogP contribution in [0.1, 0.15) is 37.3 Å². The summed E-state index contributed by atoms with van der Waals surface area (Å²) in [5.41, 5.74) is 3.25. The molecule has 0 N–H and O–H groups in total. The molecule has 2 fully saturated rings. The third-order valence-corrected chi connectivity index (χ3v) is 8.79. The molecule has 0 saturated carbocycles. The lowest BCUT2D eigenvalue weighted by molar-refractivity contribution is -0.133. The fourth-order valence-corrected chi connectivity index (χ4v) is 5.78. The summed E-state index contributed by atoms with van der Waals surface area (Å²) in [5.74, 6) is 0.192. The molecule has 6 nitrogen and oxygen atoms in total. The lowest BCUT2D eigenvalue weighted by atomic mass is 9.94. The topological polar surface area (TPSA) is 47.1 Å². The van der Waals surface area contributed by atoms with Gasteiger partial charge in [-0.15, -0.1) is 0 Å². The second-order valence-electron chi connectivity index (χ2n) is 10.3. The summed E-state index contributed by atoms with van der Waals surface area (Å²) < 4.78 is 1.27. The number of hydrogen-bond acceptors (Lipinski definition) is 4. The quantitative estimate of drug-likeness (QED) is 0.381. The Morgan fingerprint density at radius 2 is 1.62 bits per heavy atom. The van der Waals surface area contributed by atoms with E-state index in [2.05, 4.69) is 56.7 Å². The molecule has 8 heteroatoms. The van der Waals surface area contributed by atoms with Gasteiger partial charge < -0.3 is 14.7 Å². The zero-order valence-corrected chi connectivity index (χ0v) is 24.9. The lowest BCUT2D eigenvalue weighted by Gasteiger charge is -2.36. The van der Waals surface area contributed by atoms with Gasteiger partial charge in [0.2, 0.25) is 11.8 Å². The maximum Gasteiger partial charge on any atom is 0.230 e. The number of carbonyl (C=O) groups excluding carboxylic acids is 2. The normalized spacial score (nSPS) is 17.7. The van der Waals surface area contributed by atoms with E-state index in [-0.39, 0.29) is 17.7 Å². The van der Waals surface area contributed by atoms with Crippen molar-refractivity contribution in [1.29, 1.82) is 0 Å². The Kier molecular flexibility index (Phi) is 10.3. The minimum absolute atomic E-state index is 0.0551. The molecule has 2 aromatic carbocycles. The second kappa shape index (κ2) is 13.4. The largest absolute Gasteiger partial charge is 0.343 e. The molecule has 37 heavy (non-hydrogen) atoms. The molecule has 0 aliphatic carbocycles. The zero-order chi connectivity index (χ0) is 26.4. The summed E-state index contributed by atoms with van der Waals surface area (Å²) in [6.45, 7) is 11.8. The molecule has 2 aromatic rings. The van der Waals surface area contributed by atoms with E-state index in [0.29, 0.717) is 24.7 Å². The van der Waals surface area contributed by atoms with Gasteiger partial charge in [0.25, 0.3) is 0 Å². The molecule has 0 atom stereocenters. The van der Waals surface area contributed by atoms with E-state index < -0.39 is 0 Å². The first kappa shape index (κ1) is 28.3. The van der Waals surface area contributed by atoms with Gasteiger partial charge in [-0.2, -0.15) is 0 Å². The van der Waals surface area contributed by atoms with Gasteiger partial charge in [-0.05, 0) is 90.7 Å². The van der Waals surface area contributed by atoms with Crippen molar-refractivity contribution in [2.45, 2.75) is 39.7 Å². The van der Waals surface area contributed by atoms with Gasteiger partial charge in [0.05, 0.1) is 0 Å². The predicted octanol–water partition coefficient (Wildman–Crippen LogP) is 5.05. The highest BCUT2D eigenvalue weighted by atomic mass is 127. The summed E-state index contributed by atoms with van der Waals surface area (Å²) in [4.78, 5) is 34.2. The van der Waals surface area contributed by atoms with Gasteiger partial charge in [-0.25, -0.2) is 0 Å². The van der Waals surface area contributed by atoms with Crippen LogP contribution in [-0.2, 0) is 16.1 Å². The van der Waals surface area contributed by atoms with E-state index in [1.165, 1.54) is 9.13 Å². The van der Waals surface area contributed by atoms with Crippen molar-refractivity contribution in [3.63, 3.8) is 0 Å². The van der Waals surface area contributed by atoms with E-state index in [9.17, 15) is 9.59 Å². The van der Waals surface area contributed by atoms with Gasteiger partial charge in [-0.1, -0.05) is 29.8 Å². The van der Waals surface area contributed by atoms with Crippen molar-refractivity contribution in [1.82, 2.24) is 14.7 Å². The fraction of sp³-hybridized carbons (Fsp3) is 0.517. The first-order valence-corrected chi connectivity index (χ1v) is 14.8. The van der Waals surface area contributed by atoms with Crippen molar-refractivity contribution in [2.75, 3.05) is 57.3 Å². The number of piperazine rings is 1. The Hall–Kier alpha value is -1.68. The van der Waals surface area contributed by atoms with Gasteiger partial charge in [0.1, 0.15) is 0 Å². The van der Waals surface area contributed by atoms with Crippen molar-refractivity contribution in [3.05, 3.63) is 62.2 Å². The van der Waals surface area contributed by atoms with Crippen LogP contribution in [0.15, 0.2) is 42.5 Å². The smallest absolute Gasteiger partial charge is 0.230 e. The maximum atomic E-state index is 13.6. The van der Waals surface area contributed by atoms with E-state index in [0.717, 1.165) is 69.8 Å². The molecule has 200 valence electrons. The molecule has 0 spiro atoms. The van der Waals surface area contributed by atoms with Crippen LogP contribution in [0, 0.1) is 16.4 Å². The van der Waals surface area contributed by atoms with E-state index in [1.54, 1.807) is 6.92 Å². The summed E-state index contributed by atoms with van der Waals surface area (Å²) in [7, 11) is 0. The molecule has 0 aromatic heterocycles. The average Bonchev–Trinajstić information content (AvgIpc) is 2.90. The molecule has 0 radical (unpaired) electrons. The Bertz CT molecular complexity index is 1060. The number of nitrogens with zero attached hydrogens (tertiary/aromatic N) is 4. The number of anilines is 1. The molecule has 4 rings (SSSR count). The van der Waals surface area contributed by atoms with Crippen molar-refractivity contribution < 1.29 is 9.59 Å². The molecule has 2 aliphatic rings. The van der Waals surface area contributed by atoms with Crippen molar-refractivity contribution >= 4 is 51.7 Å². The van der Waals surface area contributed by atoms with Gasteiger partial charge in [0, 0.05) is 79.5 Å². The monoisotopic (exact) mass is 636 g/mol. The third kappa shape index (κ3) is 7.91. The van der Waals surface area contributed by atoms with E-state index in [4.69, 9.17) is 11.6 Å². The van der Waals surface area contributed by atoms with E-state index in [1.807, 2.05) is 34.9 Å². The number of benzene rings is 2. The van der Waals surface area contributed by atoms with Gasteiger partial charge >= 0.3 is 0 Å². The van der Waals surface area contributed by atoms with Crippen LogP contribution >= 0.6 is 34.2 Å². The van der Waals surface area contributed by atoms with Gasteiger partial charge in [-0.3, -0.25) is 14.5 Å². The fourth-order valence-electron chi connectivity index (χ4n) is 5.25. The lowest BCUT2D eigenvalue weighted by Crippen LogP contribution is -2.47. The number of halogens is 2. The van der Waals surface area contributed by atoms with Crippen LogP contribution in [0.4, 0.5) is 5.69 Å². The highest BCUT2D eigenvalue weighted by Gasteiger charge is 2.30. The Labute approximate surface area is 240 Å². The molecule has 0 unspecified atom stereocenters. The van der Waals surface area contributed by atoms with Crippen LogP contribution in [0.25, 0.3) is 0 Å². The first-order chi connectivity index (χ1) is 17.8. The van der Waals surface area contributed by atoms with Crippen LogP contribution < -0.4 is 4.90 Å². The third-order valence-electron chi connectivity index (χ3n) is 7.66. The number of piperidine rings is 1.